The molecule has 0 radical (unpaired) electrons. The van der Waals surface area contributed by atoms with Gasteiger partial charge in [-0.15, -0.1) is 11.3 Å². The molecule has 0 saturated heterocycles. The largest absolute Gasteiger partial charge is 0.321 e. The van der Waals surface area contributed by atoms with Gasteiger partial charge in [0.2, 0.25) is 0 Å². The van der Waals surface area contributed by atoms with Crippen LogP contribution in [0.3, 0.4) is 0 Å². The van der Waals surface area contributed by atoms with Gasteiger partial charge in [0.15, 0.2) is 11.6 Å². The van der Waals surface area contributed by atoms with Crippen LogP contribution < -0.4 is 11.1 Å². The number of thiazole rings is 1. The lowest BCUT2D eigenvalue weighted by molar-refractivity contribution is -0.121. The van der Waals surface area contributed by atoms with Gasteiger partial charge in [-0.05, 0) is 98.5 Å². The van der Waals surface area contributed by atoms with E-state index >= 15 is 0 Å². The zero-order valence-electron chi connectivity index (χ0n) is 32.8. The molecule has 5 heterocycles. The van der Waals surface area contributed by atoms with Crippen molar-refractivity contribution < 1.29 is 18.4 Å². The predicted molar refractivity (Wildman–Crippen MR) is 221 cm³/mol. The maximum absolute atomic E-state index is 13.3. The number of hydrogen-bond donors (Lipinski definition) is 2. The molecule has 58 heavy (non-hydrogen) atoms. The molecule has 7 aromatic rings. The number of ketones is 2. The first-order valence-corrected chi connectivity index (χ1v) is 19.7. The van der Waals surface area contributed by atoms with E-state index in [1.54, 1.807) is 51.5 Å². The highest BCUT2D eigenvalue weighted by Gasteiger charge is 2.22. The molecule has 298 valence electrons. The first-order chi connectivity index (χ1) is 27.9. The van der Waals surface area contributed by atoms with Crippen LogP contribution >= 0.6 is 11.3 Å². The minimum absolute atomic E-state index is 0.0463. The lowest BCUT2D eigenvalue weighted by atomic mass is 9.99. The molecule has 0 fully saturated rings. The normalized spacial score (nSPS) is 12.1. The van der Waals surface area contributed by atoms with Crippen LogP contribution in [0, 0.1) is 25.5 Å². The molecule has 0 aliphatic rings. The van der Waals surface area contributed by atoms with Gasteiger partial charge in [-0.1, -0.05) is 24.3 Å². The first kappa shape index (κ1) is 41.5. The summed E-state index contributed by atoms with van der Waals surface area (Å²) in [5.41, 5.74) is 17.4. The number of Topliss-reactive ketones (excluding diaryl/α,β-unsaturated/α-hetero) is 2. The van der Waals surface area contributed by atoms with Crippen LogP contribution in [-0.2, 0) is 55.9 Å². The highest BCUT2D eigenvalue weighted by Crippen LogP contribution is 2.21. The Kier molecular flexibility index (Phi) is 13.9. The number of rotatable bonds is 15. The summed E-state index contributed by atoms with van der Waals surface area (Å²) in [6.45, 7) is 4.35. The van der Waals surface area contributed by atoms with Crippen molar-refractivity contribution in [1.29, 1.82) is 0 Å². The molecule has 0 saturated carbocycles. The monoisotopic (exact) mass is 801 g/mol. The van der Waals surface area contributed by atoms with Gasteiger partial charge in [0.05, 0.1) is 47.5 Å². The van der Waals surface area contributed by atoms with Crippen molar-refractivity contribution in [2.45, 2.75) is 58.2 Å². The van der Waals surface area contributed by atoms with Gasteiger partial charge in [-0.25, -0.2) is 13.8 Å². The Hall–Kier alpha value is -6.09. The standard InChI is InChI=1S/C24H24FN5OS.C20H21FN4O/c1-16-9-18(7-8-26-16)22-11-21(30(2)29-22)12-24(31)23(27-13-20-14-32-15-28-20)10-17-3-5-19(25)6-4-17;1-13-9-15(7-8-23-13)19-11-17(25(2)24-19)12-20(26)18(22)10-14-3-5-16(21)6-4-14/h3-9,11,14-15,23,27H,10,12-13H2,1-2H3;3-9,11,18H,10,12,22H2,1-2H3/t;18-/m.0/s1. The zero-order valence-corrected chi connectivity index (χ0v) is 33.6. The summed E-state index contributed by atoms with van der Waals surface area (Å²) >= 11 is 1.52. The molecule has 0 spiro atoms. The predicted octanol–water partition coefficient (Wildman–Crippen LogP) is 6.51. The van der Waals surface area contributed by atoms with E-state index in [1.165, 1.54) is 35.6 Å². The van der Waals surface area contributed by atoms with Crippen molar-refractivity contribution in [2.75, 3.05) is 0 Å². The number of nitrogens with two attached hydrogens (primary N) is 1. The van der Waals surface area contributed by atoms with E-state index in [1.807, 2.05) is 69.7 Å². The topological polar surface area (TPSA) is 146 Å². The number of hydrogen-bond acceptors (Lipinski definition) is 10. The fourth-order valence-electron chi connectivity index (χ4n) is 6.34. The third-order valence-electron chi connectivity index (χ3n) is 9.59. The van der Waals surface area contributed by atoms with E-state index < -0.39 is 12.1 Å². The van der Waals surface area contributed by atoms with E-state index in [0.29, 0.717) is 19.4 Å². The molecule has 3 N–H and O–H groups in total. The molecule has 0 bridgehead atoms. The molecule has 2 atom stereocenters. The molecular formula is C44H45F2N9O2S. The molecule has 1 unspecified atom stereocenters. The van der Waals surface area contributed by atoms with Crippen molar-refractivity contribution in [3.8, 4) is 22.5 Å². The maximum Gasteiger partial charge on any atom is 0.156 e. The highest BCUT2D eigenvalue weighted by atomic mass is 32.1. The Labute approximate surface area is 340 Å². The smallest absolute Gasteiger partial charge is 0.156 e. The summed E-state index contributed by atoms with van der Waals surface area (Å²) < 4.78 is 29.7. The lowest BCUT2D eigenvalue weighted by Gasteiger charge is -2.17. The Morgan fingerprint density at radius 3 is 1.69 bits per heavy atom. The van der Waals surface area contributed by atoms with Gasteiger partial charge in [-0.3, -0.25) is 28.9 Å². The zero-order chi connectivity index (χ0) is 41.2. The fourth-order valence-corrected chi connectivity index (χ4v) is 6.90. The fraction of sp³-hybridized carbons (Fsp3) is 0.250. The highest BCUT2D eigenvalue weighted by molar-refractivity contribution is 7.07. The summed E-state index contributed by atoms with van der Waals surface area (Å²) in [5, 5.41) is 14.4. The third-order valence-corrected chi connectivity index (χ3v) is 10.2. The van der Waals surface area contributed by atoms with Crippen LogP contribution in [-0.4, -0.2) is 58.2 Å². The summed E-state index contributed by atoms with van der Waals surface area (Å²) in [7, 11) is 3.66. The molecule has 2 aromatic carbocycles. The van der Waals surface area contributed by atoms with Gasteiger partial charge in [0.25, 0.3) is 0 Å². The third kappa shape index (κ3) is 11.5. The van der Waals surface area contributed by atoms with E-state index in [0.717, 1.165) is 62.1 Å². The first-order valence-electron chi connectivity index (χ1n) is 18.7. The van der Waals surface area contributed by atoms with Crippen molar-refractivity contribution >= 4 is 22.9 Å². The number of pyridine rings is 2. The number of benzene rings is 2. The summed E-state index contributed by atoms with van der Waals surface area (Å²) in [6, 6.07) is 22.8. The number of nitrogens with one attached hydrogen (secondary N) is 1. The maximum atomic E-state index is 13.3. The molecule has 0 aliphatic heterocycles. The molecule has 5 aromatic heterocycles. The minimum Gasteiger partial charge on any atom is -0.321 e. The van der Waals surface area contributed by atoms with E-state index in [4.69, 9.17) is 5.73 Å². The van der Waals surface area contributed by atoms with E-state index in [-0.39, 0.29) is 36.0 Å². The van der Waals surface area contributed by atoms with Crippen molar-refractivity contribution in [1.82, 2.24) is 39.8 Å². The molecule has 7 rings (SSSR count). The van der Waals surface area contributed by atoms with Crippen LogP contribution in [0.1, 0.15) is 39.6 Å². The summed E-state index contributed by atoms with van der Waals surface area (Å²) in [6.07, 6.45) is 4.79. The van der Waals surface area contributed by atoms with Gasteiger partial charge < -0.3 is 11.1 Å². The Morgan fingerprint density at radius 2 is 1.21 bits per heavy atom. The van der Waals surface area contributed by atoms with Gasteiger partial charge >= 0.3 is 0 Å². The SMILES string of the molecule is Cc1cc(-c2cc(CC(=O)C(Cc3ccc(F)cc3)NCc3cscn3)n(C)n2)ccn1.Cc1cc(-c2cc(CC(=O)[C@@H](N)Cc3ccc(F)cc3)n(C)n2)ccn1. The summed E-state index contributed by atoms with van der Waals surface area (Å²) in [4.78, 5) is 38.5. The van der Waals surface area contributed by atoms with E-state index in [9.17, 15) is 18.4 Å². The van der Waals surface area contributed by atoms with Gasteiger partial charge in [0.1, 0.15) is 11.6 Å². The Balaban J connectivity index is 0.000000200. The summed E-state index contributed by atoms with van der Waals surface area (Å²) in [5.74, 6) is -0.622. The number of aryl methyl sites for hydroxylation is 4. The second-order valence-corrected chi connectivity index (χ2v) is 14.8. The molecular weight excluding hydrogens is 757 g/mol. The van der Waals surface area contributed by atoms with Crippen LogP contribution in [0.5, 0.6) is 0 Å². The molecule has 14 heteroatoms. The second kappa shape index (κ2) is 19.4. The Bertz CT molecular complexity index is 2450. The number of carbonyl (C=O) groups excluding carboxylic acids is 2. The number of nitrogens with zero attached hydrogens (tertiary/aromatic N) is 7. The van der Waals surface area contributed by atoms with Crippen LogP contribution in [0.2, 0.25) is 0 Å². The van der Waals surface area contributed by atoms with Crippen molar-refractivity contribution in [2.24, 2.45) is 19.8 Å². The number of carbonyl (C=O) groups is 2. The van der Waals surface area contributed by atoms with Crippen LogP contribution in [0.4, 0.5) is 8.78 Å². The molecule has 0 aliphatic carbocycles. The van der Waals surface area contributed by atoms with Crippen molar-refractivity contribution in [3.05, 3.63) is 159 Å². The van der Waals surface area contributed by atoms with Gasteiger partial charge in [0, 0.05) is 72.3 Å². The van der Waals surface area contributed by atoms with Crippen LogP contribution in [0.25, 0.3) is 22.5 Å². The average Bonchev–Trinajstić information content (AvgIpc) is 3.96. The number of halogens is 2. The lowest BCUT2D eigenvalue weighted by Crippen LogP contribution is -2.39. The van der Waals surface area contributed by atoms with Crippen molar-refractivity contribution in [3.63, 3.8) is 0 Å². The van der Waals surface area contributed by atoms with Gasteiger partial charge in [-0.2, -0.15) is 10.2 Å². The quantitative estimate of drug-likeness (QED) is 0.119. The molecule has 11 nitrogen and oxygen atoms in total. The van der Waals surface area contributed by atoms with E-state index in [2.05, 4.69) is 30.5 Å². The Morgan fingerprint density at radius 1 is 0.707 bits per heavy atom. The van der Waals surface area contributed by atoms with Crippen LogP contribution in [0.15, 0.2) is 108 Å². The average molecular weight is 802 g/mol. The molecule has 0 amide bonds. The minimum atomic E-state index is -0.637. The number of aromatic nitrogens is 7. The second-order valence-electron chi connectivity index (χ2n) is 14.1.